The van der Waals surface area contributed by atoms with E-state index in [1.807, 2.05) is 24.3 Å². The molecule has 0 amide bonds. The molecule has 8 heteroatoms. The number of hydrogen-bond acceptors (Lipinski definition) is 7. The van der Waals surface area contributed by atoms with Gasteiger partial charge in [0.15, 0.2) is 0 Å². The van der Waals surface area contributed by atoms with Crippen LogP contribution >= 0.6 is 15.9 Å². The zero-order valence-corrected chi connectivity index (χ0v) is 19.5. The molecule has 0 aliphatic rings. The minimum Gasteiger partial charge on any atom is -0.469 e. The quantitative estimate of drug-likeness (QED) is 0.371. The van der Waals surface area contributed by atoms with Gasteiger partial charge >= 0.3 is 11.9 Å². The number of pyridine rings is 1. The third kappa shape index (κ3) is 6.53. The maximum Gasteiger partial charge on any atom is 0.340 e. The first-order chi connectivity index (χ1) is 14.9. The van der Waals surface area contributed by atoms with Gasteiger partial charge < -0.3 is 14.8 Å². The molecule has 1 heterocycles. The van der Waals surface area contributed by atoms with Gasteiger partial charge in [0.2, 0.25) is 0 Å². The number of methoxy groups -OCH3 is 1. The Kier molecular flexibility index (Phi) is 9.47. The average Bonchev–Trinajstić information content (AvgIpc) is 2.76. The van der Waals surface area contributed by atoms with Gasteiger partial charge in [0.1, 0.15) is 17.5 Å². The highest BCUT2D eigenvalue weighted by atomic mass is 79.9. The Bertz CT molecular complexity index is 968. The van der Waals surface area contributed by atoms with Crippen molar-refractivity contribution >= 4 is 33.7 Å². The number of ether oxygens (including phenoxy) is 2. The van der Waals surface area contributed by atoms with Crippen LogP contribution in [0.3, 0.4) is 0 Å². The lowest BCUT2D eigenvalue weighted by Gasteiger charge is -2.17. The number of unbranched alkanes of at least 4 members (excludes halogenated alkanes) is 2. The van der Waals surface area contributed by atoms with Gasteiger partial charge in [-0.1, -0.05) is 34.5 Å². The standard InChI is InChI=1S/C23H26BrN3O4/c1-4-31-23(29)20-15(2)27-22(26-13-7-5-6-8-19(28)30-3)18(14-25)21(20)16-9-11-17(24)12-10-16/h9-12H,4-8,13H2,1-3H3,(H,26,27). The Hall–Kier alpha value is -2.92. The number of anilines is 1. The molecule has 0 spiro atoms. The second-order valence-electron chi connectivity index (χ2n) is 6.82. The summed E-state index contributed by atoms with van der Waals surface area (Å²) in [6.07, 6.45) is 2.76. The molecule has 0 radical (unpaired) electrons. The number of carbonyl (C=O) groups excluding carboxylic acids is 2. The molecule has 2 rings (SSSR count). The molecular weight excluding hydrogens is 462 g/mol. The maximum absolute atomic E-state index is 12.7. The van der Waals surface area contributed by atoms with E-state index in [1.165, 1.54) is 7.11 Å². The predicted octanol–water partition coefficient (Wildman–Crippen LogP) is 5.01. The molecule has 7 nitrogen and oxygen atoms in total. The summed E-state index contributed by atoms with van der Waals surface area (Å²) < 4.78 is 10.8. The van der Waals surface area contributed by atoms with Crippen LogP contribution in [0.5, 0.6) is 0 Å². The van der Waals surface area contributed by atoms with Gasteiger partial charge in [-0.05, 0) is 44.4 Å². The van der Waals surface area contributed by atoms with Crippen LogP contribution in [0.15, 0.2) is 28.7 Å². The van der Waals surface area contributed by atoms with Gasteiger partial charge in [0, 0.05) is 23.0 Å². The Morgan fingerprint density at radius 1 is 1.19 bits per heavy atom. The van der Waals surface area contributed by atoms with Gasteiger partial charge in [-0.2, -0.15) is 5.26 Å². The number of nitrogens with one attached hydrogen (secondary N) is 1. The molecule has 0 aliphatic carbocycles. The van der Waals surface area contributed by atoms with Crippen LogP contribution in [-0.2, 0) is 14.3 Å². The van der Waals surface area contributed by atoms with E-state index in [-0.39, 0.29) is 12.6 Å². The van der Waals surface area contributed by atoms with Crippen molar-refractivity contribution in [2.75, 3.05) is 25.6 Å². The first-order valence-electron chi connectivity index (χ1n) is 10.1. The number of rotatable bonds is 10. The first-order valence-corrected chi connectivity index (χ1v) is 10.9. The molecule has 164 valence electrons. The summed E-state index contributed by atoms with van der Waals surface area (Å²) in [7, 11) is 1.38. The van der Waals surface area contributed by atoms with Crippen molar-refractivity contribution in [2.45, 2.75) is 39.5 Å². The highest BCUT2D eigenvalue weighted by Gasteiger charge is 2.24. The molecule has 0 saturated heterocycles. The van der Waals surface area contributed by atoms with Crippen molar-refractivity contribution in [1.82, 2.24) is 4.98 Å². The molecule has 2 aromatic rings. The number of aryl methyl sites for hydroxylation is 1. The lowest BCUT2D eigenvalue weighted by atomic mass is 9.94. The Labute approximate surface area is 190 Å². The van der Waals surface area contributed by atoms with E-state index in [0.717, 1.165) is 29.3 Å². The van der Waals surface area contributed by atoms with Gasteiger partial charge in [-0.3, -0.25) is 4.79 Å². The van der Waals surface area contributed by atoms with Crippen molar-refractivity contribution in [1.29, 1.82) is 5.26 Å². The number of nitrogens with zero attached hydrogens (tertiary/aromatic N) is 2. The van der Waals surface area contributed by atoms with Crippen LogP contribution in [-0.4, -0.2) is 37.2 Å². The Morgan fingerprint density at radius 3 is 2.52 bits per heavy atom. The molecule has 0 aliphatic heterocycles. The van der Waals surface area contributed by atoms with E-state index < -0.39 is 5.97 Å². The smallest absolute Gasteiger partial charge is 0.340 e. The number of esters is 2. The molecule has 1 aromatic heterocycles. The third-order valence-corrected chi connectivity index (χ3v) is 5.21. The summed E-state index contributed by atoms with van der Waals surface area (Å²) in [4.78, 5) is 28.4. The van der Waals surface area contributed by atoms with Crippen molar-refractivity contribution in [2.24, 2.45) is 0 Å². The van der Waals surface area contributed by atoms with Crippen molar-refractivity contribution in [3.8, 4) is 17.2 Å². The maximum atomic E-state index is 12.7. The van der Waals surface area contributed by atoms with Crippen LogP contribution in [0.1, 0.15) is 54.2 Å². The third-order valence-electron chi connectivity index (χ3n) is 4.68. The normalized spacial score (nSPS) is 10.3. The van der Waals surface area contributed by atoms with E-state index >= 15 is 0 Å². The summed E-state index contributed by atoms with van der Waals surface area (Å²) in [5.74, 6) is -0.291. The number of aromatic nitrogens is 1. The zero-order valence-electron chi connectivity index (χ0n) is 18.0. The van der Waals surface area contributed by atoms with Crippen molar-refractivity contribution in [3.05, 3.63) is 45.6 Å². The van der Waals surface area contributed by atoms with Crippen LogP contribution in [0.4, 0.5) is 5.82 Å². The summed E-state index contributed by atoms with van der Waals surface area (Å²) in [6.45, 7) is 4.28. The number of benzene rings is 1. The van der Waals surface area contributed by atoms with Gasteiger partial charge in [0.05, 0.1) is 25.0 Å². The minimum atomic E-state index is -0.503. The fourth-order valence-electron chi connectivity index (χ4n) is 3.18. The fourth-order valence-corrected chi connectivity index (χ4v) is 3.44. The number of hydrogen-bond donors (Lipinski definition) is 1. The molecule has 31 heavy (non-hydrogen) atoms. The van der Waals surface area contributed by atoms with Gasteiger partial charge in [-0.15, -0.1) is 0 Å². The summed E-state index contributed by atoms with van der Waals surface area (Å²) >= 11 is 3.41. The SMILES string of the molecule is CCOC(=O)c1c(C)nc(NCCCCCC(=O)OC)c(C#N)c1-c1ccc(Br)cc1. The zero-order chi connectivity index (χ0) is 22.8. The second-order valence-corrected chi connectivity index (χ2v) is 7.74. The summed E-state index contributed by atoms with van der Waals surface area (Å²) in [5, 5.41) is 13.1. The lowest BCUT2D eigenvalue weighted by Crippen LogP contribution is -2.15. The van der Waals surface area contributed by atoms with Gasteiger partial charge in [-0.25, -0.2) is 9.78 Å². The van der Waals surface area contributed by atoms with Gasteiger partial charge in [0.25, 0.3) is 0 Å². The van der Waals surface area contributed by atoms with Crippen LogP contribution in [0.2, 0.25) is 0 Å². The number of halogens is 1. The van der Waals surface area contributed by atoms with E-state index in [1.54, 1.807) is 13.8 Å². The Morgan fingerprint density at radius 2 is 1.90 bits per heavy atom. The predicted molar refractivity (Wildman–Crippen MR) is 122 cm³/mol. The Balaban J connectivity index is 2.34. The topological polar surface area (TPSA) is 101 Å². The molecular formula is C23H26BrN3O4. The van der Waals surface area contributed by atoms with E-state index in [9.17, 15) is 14.9 Å². The fraction of sp³-hybridized carbons (Fsp3) is 0.391. The molecule has 1 aromatic carbocycles. The van der Waals surface area contributed by atoms with Crippen LogP contribution < -0.4 is 5.32 Å². The van der Waals surface area contributed by atoms with Crippen LogP contribution in [0.25, 0.3) is 11.1 Å². The summed E-state index contributed by atoms with van der Waals surface area (Å²) in [6, 6.07) is 9.62. The van der Waals surface area contributed by atoms with Crippen molar-refractivity contribution in [3.63, 3.8) is 0 Å². The lowest BCUT2D eigenvalue weighted by molar-refractivity contribution is -0.140. The van der Waals surface area contributed by atoms with E-state index in [2.05, 4.69) is 37.0 Å². The first kappa shape index (κ1) is 24.4. The molecule has 0 atom stereocenters. The monoisotopic (exact) mass is 487 g/mol. The van der Waals surface area contributed by atoms with E-state index in [0.29, 0.717) is 41.2 Å². The number of carbonyl (C=O) groups is 2. The van der Waals surface area contributed by atoms with Crippen LogP contribution in [0, 0.1) is 18.3 Å². The molecule has 0 bridgehead atoms. The number of nitriles is 1. The highest BCUT2D eigenvalue weighted by Crippen LogP contribution is 2.34. The molecule has 0 fully saturated rings. The second kappa shape index (κ2) is 12.1. The van der Waals surface area contributed by atoms with E-state index in [4.69, 9.17) is 4.74 Å². The highest BCUT2D eigenvalue weighted by molar-refractivity contribution is 9.10. The molecule has 1 N–H and O–H groups in total. The minimum absolute atomic E-state index is 0.217. The average molecular weight is 488 g/mol. The molecule has 0 saturated carbocycles. The van der Waals surface area contributed by atoms with Crippen molar-refractivity contribution < 1.29 is 19.1 Å². The largest absolute Gasteiger partial charge is 0.469 e. The molecule has 0 unspecified atom stereocenters. The summed E-state index contributed by atoms with van der Waals surface area (Å²) in [5.41, 5.74) is 2.32.